The van der Waals surface area contributed by atoms with E-state index in [4.69, 9.17) is 4.74 Å². The van der Waals surface area contributed by atoms with Gasteiger partial charge in [-0.2, -0.15) is 0 Å². The van der Waals surface area contributed by atoms with Crippen molar-refractivity contribution in [1.82, 2.24) is 15.2 Å². The van der Waals surface area contributed by atoms with Crippen LogP contribution in [0.3, 0.4) is 0 Å². The highest BCUT2D eigenvalue weighted by Gasteiger charge is 2.30. The molecule has 0 bridgehead atoms. The molecule has 0 unspecified atom stereocenters. The maximum Gasteiger partial charge on any atom is 0.273 e. The molecule has 2 N–H and O–H groups in total. The fraction of sp³-hybridized carbons (Fsp3) is 0.500. The van der Waals surface area contributed by atoms with E-state index in [1.807, 2.05) is 31.2 Å². The lowest BCUT2D eigenvalue weighted by molar-refractivity contribution is -0.126. The van der Waals surface area contributed by atoms with Crippen LogP contribution in [0.5, 0.6) is 0 Å². The molecular formula is C22H28N4O3S. The van der Waals surface area contributed by atoms with Crippen molar-refractivity contribution in [2.45, 2.75) is 38.7 Å². The summed E-state index contributed by atoms with van der Waals surface area (Å²) < 4.78 is 5.57. The molecule has 2 atom stereocenters. The number of carbonyl (C=O) groups is 2. The van der Waals surface area contributed by atoms with Crippen LogP contribution in [-0.4, -0.2) is 54.0 Å². The summed E-state index contributed by atoms with van der Waals surface area (Å²) in [5, 5.41) is 8.72. The third-order valence-corrected chi connectivity index (χ3v) is 6.36. The van der Waals surface area contributed by atoms with Crippen molar-refractivity contribution in [2.75, 3.05) is 31.6 Å². The van der Waals surface area contributed by atoms with Crippen LogP contribution >= 0.6 is 11.3 Å². The van der Waals surface area contributed by atoms with E-state index < -0.39 is 0 Å². The summed E-state index contributed by atoms with van der Waals surface area (Å²) in [4.78, 5) is 31.7. The third kappa shape index (κ3) is 5.17. The molecular weight excluding hydrogens is 400 g/mol. The van der Waals surface area contributed by atoms with E-state index in [2.05, 4.69) is 15.6 Å². The van der Waals surface area contributed by atoms with Gasteiger partial charge in [-0.05, 0) is 50.3 Å². The summed E-state index contributed by atoms with van der Waals surface area (Å²) in [5.74, 6) is -0.268. The summed E-state index contributed by atoms with van der Waals surface area (Å²) in [6, 6.07) is 8.02. The van der Waals surface area contributed by atoms with Crippen molar-refractivity contribution in [3.05, 3.63) is 40.9 Å². The molecule has 2 aromatic rings. The SMILES string of the molecule is Cc1cccc(Nc2nc(C(=O)N3CCC[C@@H](C(=O)NC[C@H]4CCCO4)C3)cs2)c1. The molecule has 160 valence electrons. The molecule has 2 amide bonds. The Morgan fingerprint density at radius 3 is 3.00 bits per heavy atom. The monoisotopic (exact) mass is 428 g/mol. The van der Waals surface area contributed by atoms with Crippen LogP contribution in [0.2, 0.25) is 0 Å². The van der Waals surface area contributed by atoms with Gasteiger partial charge >= 0.3 is 0 Å². The number of nitrogens with one attached hydrogen (secondary N) is 2. The van der Waals surface area contributed by atoms with Gasteiger partial charge in [0.05, 0.1) is 12.0 Å². The number of rotatable bonds is 6. The molecule has 1 aromatic heterocycles. The molecule has 2 aliphatic heterocycles. The van der Waals surface area contributed by atoms with Crippen molar-refractivity contribution in [3.63, 3.8) is 0 Å². The molecule has 7 nitrogen and oxygen atoms in total. The van der Waals surface area contributed by atoms with Crippen LogP contribution in [0, 0.1) is 12.8 Å². The van der Waals surface area contributed by atoms with Crippen LogP contribution in [0.4, 0.5) is 10.8 Å². The predicted octanol–water partition coefficient (Wildman–Crippen LogP) is 3.34. The first-order chi connectivity index (χ1) is 14.6. The molecule has 8 heteroatoms. The Kier molecular flexibility index (Phi) is 6.64. The van der Waals surface area contributed by atoms with Crippen LogP contribution in [0.1, 0.15) is 41.7 Å². The second-order valence-electron chi connectivity index (χ2n) is 8.00. The number of piperidine rings is 1. The van der Waals surface area contributed by atoms with E-state index in [0.717, 1.165) is 43.5 Å². The number of benzene rings is 1. The lowest BCUT2D eigenvalue weighted by atomic mass is 9.97. The Hall–Kier alpha value is -2.45. The highest BCUT2D eigenvalue weighted by Crippen LogP contribution is 2.24. The van der Waals surface area contributed by atoms with E-state index in [9.17, 15) is 9.59 Å². The highest BCUT2D eigenvalue weighted by atomic mass is 32.1. The average molecular weight is 429 g/mol. The molecule has 1 aromatic carbocycles. The average Bonchev–Trinajstić information content (AvgIpc) is 3.44. The number of ether oxygens (including phenoxy) is 1. The zero-order chi connectivity index (χ0) is 20.9. The molecule has 2 aliphatic rings. The molecule has 0 aliphatic carbocycles. The Balaban J connectivity index is 1.32. The standard InChI is InChI=1S/C22H28N4O3S/c1-15-5-2-7-17(11-15)24-22-25-19(14-30-22)21(28)26-9-3-6-16(13-26)20(27)23-12-18-8-4-10-29-18/h2,5,7,11,14,16,18H,3-4,6,8-10,12-13H2,1H3,(H,23,27)(H,24,25)/t16-,18-/m1/s1. The van der Waals surface area contributed by atoms with Crippen LogP contribution in [0.15, 0.2) is 29.6 Å². The minimum Gasteiger partial charge on any atom is -0.376 e. The summed E-state index contributed by atoms with van der Waals surface area (Å²) in [6.07, 6.45) is 3.81. The van der Waals surface area contributed by atoms with Gasteiger partial charge in [-0.15, -0.1) is 11.3 Å². The first kappa shape index (κ1) is 20.8. The second kappa shape index (κ2) is 9.57. The fourth-order valence-electron chi connectivity index (χ4n) is 3.98. The minimum atomic E-state index is -0.173. The van der Waals surface area contributed by atoms with Crippen molar-refractivity contribution < 1.29 is 14.3 Å². The molecule has 4 rings (SSSR count). The Labute approximate surface area is 180 Å². The maximum atomic E-state index is 12.9. The molecule has 30 heavy (non-hydrogen) atoms. The van der Waals surface area contributed by atoms with Crippen molar-refractivity contribution in [1.29, 1.82) is 0 Å². The van der Waals surface area contributed by atoms with Crippen molar-refractivity contribution in [2.24, 2.45) is 5.92 Å². The molecule has 3 heterocycles. The second-order valence-corrected chi connectivity index (χ2v) is 8.86. The van der Waals surface area contributed by atoms with Gasteiger partial charge in [0.1, 0.15) is 5.69 Å². The Morgan fingerprint density at radius 1 is 1.30 bits per heavy atom. The normalized spacial score (nSPS) is 21.4. The van der Waals surface area contributed by atoms with Gasteiger partial charge in [0.15, 0.2) is 5.13 Å². The number of nitrogens with zero attached hydrogens (tertiary/aromatic N) is 2. The third-order valence-electron chi connectivity index (χ3n) is 5.60. The molecule has 0 radical (unpaired) electrons. The Morgan fingerprint density at radius 2 is 2.20 bits per heavy atom. The first-order valence-corrected chi connectivity index (χ1v) is 11.4. The molecule has 0 spiro atoms. The van der Waals surface area contributed by atoms with Gasteiger partial charge < -0.3 is 20.3 Å². The topological polar surface area (TPSA) is 83.6 Å². The number of carbonyl (C=O) groups excluding carboxylic acids is 2. The van der Waals surface area contributed by atoms with Gasteiger partial charge in [-0.1, -0.05) is 12.1 Å². The van der Waals surface area contributed by atoms with Gasteiger partial charge in [-0.25, -0.2) is 4.98 Å². The first-order valence-electron chi connectivity index (χ1n) is 10.6. The van der Waals surface area contributed by atoms with Crippen molar-refractivity contribution >= 4 is 34.0 Å². The quantitative estimate of drug-likeness (QED) is 0.737. The fourth-order valence-corrected chi connectivity index (χ4v) is 4.68. The summed E-state index contributed by atoms with van der Waals surface area (Å²) in [7, 11) is 0. The summed E-state index contributed by atoms with van der Waals surface area (Å²) in [5.41, 5.74) is 2.53. The highest BCUT2D eigenvalue weighted by molar-refractivity contribution is 7.14. The van der Waals surface area contributed by atoms with E-state index in [1.165, 1.54) is 11.3 Å². The number of hydrogen-bond donors (Lipinski definition) is 2. The Bertz CT molecular complexity index is 894. The lowest BCUT2D eigenvalue weighted by Gasteiger charge is -2.31. The number of aromatic nitrogens is 1. The zero-order valence-electron chi connectivity index (χ0n) is 17.2. The number of amides is 2. The molecule has 2 fully saturated rings. The van der Waals surface area contributed by atoms with Crippen LogP contribution in [-0.2, 0) is 9.53 Å². The van der Waals surface area contributed by atoms with E-state index in [-0.39, 0.29) is 23.8 Å². The zero-order valence-corrected chi connectivity index (χ0v) is 18.0. The van der Waals surface area contributed by atoms with Crippen molar-refractivity contribution in [3.8, 4) is 0 Å². The number of hydrogen-bond acceptors (Lipinski definition) is 6. The number of likely N-dealkylation sites (tertiary alicyclic amines) is 1. The lowest BCUT2D eigenvalue weighted by Crippen LogP contribution is -2.46. The van der Waals surface area contributed by atoms with Gasteiger partial charge in [0.25, 0.3) is 5.91 Å². The summed E-state index contributed by atoms with van der Waals surface area (Å²) >= 11 is 1.41. The number of thiazole rings is 1. The number of aryl methyl sites for hydroxylation is 1. The molecule has 2 saturated heterocycles. The predicted molar refractivity (Wildman–Crippen MR) is 117 cm³/mol. The van der Waals surface area contributed by atoms with E-state index >= 15 is 0 Å². The smallest absolute Gasteiger partial charge is 0.273 e. The largest absolute Gasteiger partial charge is 0.376 e. The minimum absolute atomic E-state index is 0.0167. The van der Waals surface area contributed by atoms with Gasteiger partial charge in [0.2, 0.25) is 5.91 Å². The van der Waals surface area contributed by atoms with Gasteiger partial charge in [-0.3, -0.25) is 9.59 Å². The maximum absolute atomic E-state index is 12.9. The van der Waals surface area contributed by atoms with E-state index in [0.29, 0.717) is 30.5 Å². The van der Waals surface area contributed by atoms with Crippen LogP contribution < -0.4 is 10.6 Å². The van der Waals surface area contributed by atoms with Gasteiger partial charge in [0, 0.05) is 37.3 Å². The van der Waals surface area contributed by atoms with E-state index in [1.54, 1.807) is 10.3 Å². The molecule has 0 saturated carbocycles. The summed E-state index contributed by atoms with van der Waals surface area (Å²) in [6.45, 7) is 4.47. The number of anilines is 2. The van der Waals surface area contributed by atoms with Crippen LogP contribution in [0.25, 0.3) is 0 Å².